The monoisotopic (exact) mass is 305 g/mol. The molecule has 2 rings (SSSR count). The smallest absolute Gasteiger partial charge is 0.324 e. The lowest BCUT2D eigenvalue weighted by atomic mass is 10.2. The zero-order valence-corrected chi connectivity index (χ0v) is 11.7. The van der Waals surface area contributed by atoms with Crippen molar-refractivity contribution < 1.29 is 17.9 Å². The minimum absolute atomic E-state index is 0.0371. The molecule has 7 nitrogen and oxygen atoms in total. The van der Waals surface area contributed by atoms with Crippen molar-refractivity contribution in [3.8, 4) is 0 Å². The molecule has 19 heavy (non-hydrogen) atoms. The summed E-state index contributed by atoms with van der Waals surface area (Å²) in [5.74, 6) is -0.559. The van der Waals surface area contributed by atoms with E-state index in [1.807, 2.05) is 0 Å². The van der Waals surface area contributed by atoms with Crippen LogP contribution in [0.2, 0.25) is 5.28 Å². The fourth-order valence-electron chi connectivity index (χ4n) is 1.97. The van der Waals surface area contributed by atoms with E-state index < -0.39 is 22.0 Å². The summed E-state index contributed by atoms with van der Waals surface area (Å²) in [7, 11) is -2.58. The van der Waals surface area contributed by atoms with Gasteiger partial charge in [-0.25, -0.2) is 18.4 Å². The number of rotatable bonds is 3. The minimum Gasteiger partial charge on any atom is -0.468 e. The second-order valence-corrected chi connectivity index (χ2v) is 6.21. The SMILES string of the molecule is COC(=O)C1CCCN1S(=O)(=O)c1cnc(Cl)nc1. The lowest BCUT2D eigenvalue weighted by Gasteiger charge is -2.21. The molecule has 1 atom stereocenters. The molecule has 0 aliphatic carbocycles. The first kappa shape index (κ1) is 14.2. The third-order valence-electron chi connectivity index (χ3n) is 2.88. The van der Waals surface area contributed by atoms with Crippen molar-refractivity contribution in [2.24, 2.45) is 0 Å². The van der Waals surface area contributed by atoms with Crippen LogP contribution in [0.25, 0.3) is 0 Å². The summed E-state index contributed by atoms with van der Waals surface area (Å²) in [6.45, 7) is 0.269. The van der Waals surface area contributed by atoms with Crippen LogP contribution in [0.15, 0.2) is 17.3 Å². The molecule has 1 aromatic heterocycles. The van der Waals surface area contributed by atoms with Crippen molar-refractivity contribution >= 4 is 27.6 Å². The number of esters is 1. The maximum Gasteiger partial charge on any atom is 0.324 e. The molecule has 2 heterocycles. The summed E-state index contributed by atoms with van der Waals surface area (Å²) >= 11 is 5.52. The van der Waals surface area contributed by atoms with E-state index in [9.17, 15) is 13.2 Å². The molecule has 0 spiro atoms. The molecule has 1 fully saturated rings. The molecule has 1 aliphatic rings. The summed E-state index contributed by atoms with van der Waals surface area (Å²) in [6, 6.07) is -0.786. The third kappa shape index (κ3) is 2.70. The van der Waals surface area contributed by atoms with Crippen LogP contribution in [0.3, 0.4) is 0 Å². The Morgan fingerprint density at radius 1 is 1.47 bits per heavy atom. The Morgan fingerprint density at radius 3 is 2.68 bits per heavy atom. The summed E-state index contributed by atoms with van der Waals surface area (Å²) < 4.78 is 30.5. The molecule has 0 aromatic carbocycles. The maximum atomic E-state index is 12.4. The fourth-order valence-corrected chi connectivity index (χ4v) is 3.60. The Kier molecular flexibility index (Phi) is 4.02. The largest absolute Gasteiger partial charge is 0.468 e. The van der Waals surface area contributed by atoms with E-state index in [-0.39, 0.29) is 16.7 Å². The highest BCUT2D eigenvalue weighted by Crippen LogP contribution is 2.26. The number of ether oxygens (including phenoxy) is 1. The normalized spacial score (nSPS) is 20.4. The van der Waals surface area contributed by atoms with Crippen molar-refractivity contribution in [1.29, 1.82) is 0 Å². The topological polar surface area (TPSA) is 89.5 Å². The highest BCUT2D eigenvalue weighted by atomic mass is 35.5. The van der Waals surface area contributed by atoms with Gasteiger partial charge < -0.3 is 4.74 Å². The minimum atomic E-state index is -3.81. The molecular weight excluding hydrogens is 294 g/mol. The van der Waals surface area contributed by atoms with E-state index in [0.717, 1.165) is 16.7 Å². The van der Waals surface area contributed by atoms with Gasteiger partial charge in [-0.05, 0) is 24.4 Å². The Morgan fingerprint density at radius 2 is 2.11 bits per heavy atom. The summed E-state index contributed by atoms with van der Waals surface area (Å²) in [5, 5.41) is -0.0371. The second kappa shape index (κ2) is 5.40. The van der Waals surface area contributed by atoms with Crippen LogP contribution in [0.4, 0.5) is 0 Å². The molecule has 9 heteroatoms. The average molecular weight is 306 g/mol. The lowest BCUT2D eigenvalue weighted by Crippen LogP contribution is -2.41. The fraction of sp³-hybridized carbons (Fsp3) is 0.500. The van der Waals surface area contributed by atoms with E-state index >= 15 is 0 Å². The quantitative estimate of drug-likeness (QED) is 0.595. The summed E-state index contributed by atoms with van der Waals surface area (Å²) in [5.41, 5.74) is 0. The van der Waals surface area contributed by atoms with Crippen LogP contribution in [-0.4, -0.2) is 48.4 Å². The van der Waals surface area contributed by atoms with Gasteiger partial charge in [-0.2, -0.15) is 4.31 Å². The zero-order chi connectivity index (χ0) is 14.0. The summed E-state index contributed by atoms with van der Waals surface area (Å²) in [6.07, 6.45) is 3.29. The van der Waals surface area contributed by atoms with Crippen LogP contribution in [0.1, 0.15) is 12.8 Å². The third-order valence-corrected chi connectivity index (χ3v) is 4.94. The van der Waals surface area contributed by atoms with Gasteiger partial charge in [0, 0.05) is 6.54 Å². The van der Waals surface area contributed by atoms with Crippen LogP contribution >= 0.6 is 11.6 Å². The van der Waals surface area contributed by atoms with Gasteiger partial charge in [0.15, 0.2) is 0 Å². The Hall–Kier alpha value is -1.25. The number of carbonyl (C=O) groups is 1. The van der Waals surface area contributed by atoms with Crippen LogP contribution in [-0.2, 0) is 19.6 Å². The molecule has 1 aromatic rings. The molecule has 0 N–H and O–H groups in total. The highest BCUT2D eigenvalue weighted by Gasteiger charge is 2.40. The Bertz CT molecular complexity index is 575. The number of aromatic nitrogens is 2. The number of methoxy groups -OCH3 is 1. The first-order valence-electron chi connectivity index (χ1n) is 5.54. The van der Waals surface area contributed by atoms with Crippen LogP contribution < -0.4 is 0 Å². The van der Waals surface area contributed by atoms with E-state index in [4.69, 9.17) is 11.6 Å². The van der Waals surface area contributed by atoms with Gasteiger partial charge in [0.25, 0.3) is 0 Å². The molecule has 1 unspecified atom stereocenters. The van der Waals surface area contributed by atoms with Gasteiger partial charge in [0.1, 0.15) is 10.9 Å². The average Bonchev–Trinajstić information content (AvgIpc) is 2.88. The van der Waals surface area contributed by atoms with Crippen molar-refractivity contribution in [3.05, 3.63) is 17.7 Å². The van der Waals surface area contributed by atoms with Crippen molar-refractivity contribution in [2.45, 2.75) is 23.8 Å². The zero-order valence-electron chi connectivity index (χ0n) is 10.1. The van der Waals surface area contributed by atoms with Crippen molar-refractivity contribution in [1.82, 2.24) is 14.3 Å². The Balaban J connectivity index is 2.33. The number of nitrogens with zero attached hydrogens (tertiary/aromatic N) is 3. The maximum absolute atomic E-state index is 12.4. The van der Waals surface area contributed by atoms with Gasteiger partial charge >= 0.3 is 5.97 Å². The Labute approximate surface area is 115 Å². The predicted octanol–water partition coefficient (Wildman–Crippen LogP) is 0.456. The lowest BCUT2D eigenvalue weighted by molar-refractivity contribution is -0.144. The number of hydrogen-bond donors (Lipinski definition) is 0. The molecule has 1 aliphatic heterocycles. The van der Waals surface area contributed by atoms with Crippen LogP contribution in [0.5, 0.6) is 0 Å². The molecule has 0 amide bonds. The summed E-state index contributed by atoms with van der Waals surface area (Å²) in [4.78, 5) is 18.8. The first-order chi connectivity index (χ1) is 8.96. The van der Waals surface area contributed by atoms with E-state index in [1.54, 1.807) is 0 Å². The number of carbonyl (C=O) groups excluding carboxylic acids is 1. The van der Waals surface area contributed by atoms with Crippen molar-refractivity contribution in [2.75, 3.05) is 13.7 Å². The van der Waals surface area contributed by atoms with E-state index in [1.165, 1.54) is 7.11 Å². The van der Waals surface area contributed by atoms with Crippen molar-refractivity contribution in [3.63, 3.8) is 0 Å². The second-order valence-electron chi connectivity index (χ2n) is 3.98. The van der Waals surface area contributed by atoms with Gasteiger partial charge in [-0.3, -0.25) is 4.79 Å². The predicted molar refractivity (Wildman–Crippen MR) is 66.0 cm³/mol. The molecule has 0 bridgehead atoms. The molecule has 1 saturated heterocycles. The number of halogens is 1. The molecule has 0 radical (unpaired) electrons. The van der Waals surface area contributed by atoms with Gasteiger partial charge in [0.2, 0.25) is 15.3 Å². The van der Waals surface area contributed by atoms with E-state index in [0.29, 0.717) is 12.8 Å². The number of sulfonamides is 1. The van der Waals surface area contributed by atoms with E-state index in [2.05, 4.69) is 14.7 Å². The standard InChI is InChI=1S/C10H12ClN3O4S/c1-18-9(15)8-3-2-4-14(8)19(16,17)7-5-12-10(11)13-6-7/h5-6,8H,2-4H2,1H3. The molecule has 0 saturated carbocycles. The highest BCUT2D eigenvalue weighted by molar-refractivity contribution is 7.89. The number of hydrogen-bond acceptors (Lipinski definition) is 6. The first-order valence-corrected chi connectivity index (χ1v) is 7.36. The van der Waals surface area contributed by atoms with Crippen LogP contribution in [0, 0.1) is 0 Å². The molecule has 104 valence electrons. The molecular formula is C10H12ClN3O4S. The van der Waals surface area contributed by atoms with Gasteiger partial charge in [0.05, 0.1) is 19.5 Å². The van der Waals surface area contributed by atoms with Gasteiger partial charge in [-0.15, -0.1) is 0 Å². The van der Waals surface area contributed by atoms with Gasteiger partial charge in [-0.1, -0.05) is 0 Å².